The summed E-state index contributed by atoms with van der Waals surface area (Å²) in [7, 11) is 1.67. The van der Waals surface area contributed by atoms with Crippen LogP contribution in [0, 0.1) is 6.92 Å². The number of nitrogens with zero attached hydrogens (tertiary/aromatic N) is 1. The molecule has 1 saturated carbocycles. The number of amides is 1. The van der Waals surface area contributed by atoms with Gasteiger partial charge in [0.15, 0.2) is 0 Å². The van der Waals surface area contributed by atoms with E-state index in [4.69, 9.17) is 9.47 Å². The number of benzene rings is 1. The number of ether oxygens (including phenoxy) is 2. The first-order chi connectivity index (χ1) is 11.2. The molecule has 23 heavy (non-hydrogen) atoms. The van der Waals surface area contributed by atoms with Gasteiger partial charge in [-0.2, -0.15) is 0 Å². The SMILES string of the molecule is COc1ccc(C)c2c1N(C(=O)COC1CCCCC1)CCC2. The van der Waals surface area contributed by atoms with Gasteiger partial charge in [-0.05, 0) is 49.8 Å². The lowest BCUT2D eigenvalue weighted by molar-refractivity contribution is -0.125. The molecule has 1 heterocycles. The normalized spacial score (nSPS) is 18.6. The van der Waals surface area contributed by atoms with Gasteiger partial charge >= 0.3 is 0 Å². The summed E-state index contributed by atoms with van der Waals surface area (Å²) in [4.78, 5) is 14.6. The van der Waals surface area contributed by atoms with Crippen molar-refractivity contribution in [2.24, 2.45) is 0 Å². The predicted octanol–water partition coefficient (Wildman–Crippen LogP) is 3.63. The summed E-state index contributed by atoms with van der Waals surface area (Å²) < 4.78 is 11.4. The molecule has 4 heteroatoms. The van der Waals surface area contributed by atoms with Gasteiger partial charge in [0.2, 0.25) is 0 Å². The summed E-state index contributed by atoms with van der Waals surface area (Å²) in [5.74, 6) is 0.844. The van der Waals surface area contributed by atoms with Gasteiger partial charge in [0.25, 0.3) is 5.91 Å². The number of hydrogen-bond acceptors (Lipinski definition) is 3. The Balaban J connectivity index is 1.74. The van der Waals surface area contributed by atoms with E-state index < -0.39 is 0 Å². The minimum Gasteiger partial charge on any atom is -0.495 e. The topological polar surface area (TPSA) is 38.8 Å². The van der Waals surface area contributed by atoms with Gasteiger partial charge < -0.3 is 14.4 Å². The Morgan fingerprint density at radius 2 is 2.00 bits per heavy atom. The fraction of sp³-hybridized carbons (Fsp3) is 0.632. The Bertz CT molecular complexity index is 564. The largest absolute Gasteiger partial charge is 0.495 e. The Kier molecular flexibility index (Phi) is 5.21. The first-order valence-corrected chi connectivity index (χ1v) is 8.79. The van der Waals surface area contributed by atoms with Crippen molar-refractivity contribution in [3.63, 3.8) is 0 Å². The molecular weight excluding hydrogens is 290 g/mol. The molecule has 0 spiro atoms. The van der Waals surface area contributed by atoms with Crippen LogP contribution in [0.4, 0.5) is 5.69 Å². The van der Waals surface area contributed by atoms with Gasteiger partial charge in [-0.15, -0.1) is 0 Å². The summed E-state index contributed by atoms with van der Waals surface area (Å²) in [6.07, 6.45) is 8.18. The third kappa shape index (κ3) is 3.52. The van der Waals surface area contributed by atoms with Crippen molar-refractivity contribution in [2.45, 2.75) is 58.0 Å². The van der Waals surface area contributed by atoms with Gasteiger partial charge in [-0.1, -0.05) is 25.3 Å². The van der Waals surface area contributed by atoms with Gasteiger partial charge in [-0.3, -0.25) is 4.79 Å². The second kappa shape index (κ2) is 7.35. The quantitative estimate of drug-likeness (QED) is 0.851. The van der Waals surface area contributed by atoms with Crippen molar-refractivity contribution < 1.29 is 14.3 Å². The molecule has 2 aliphatic rings. The summed E-state index contributed by atoms with van der Waals surface area (Å²) in [5, 5.41) is 0. The highest BCUT2D eigenvalue weighted by Gasteiger charge is 2.27. The van der Waals surface area contributed by atoms with Crippen LogP contribution in [0.5, 0.6) is 5.75 Å². The molecule has 1 aliphatic heterocycles. The van der Waals surface area contributed by atoms with E-state index in [1.165, 1.54) is 30.4 Å². The Morgan fingerprint density at radius 3 is 2.74 bits per heavy atom. The molecule has 0 saturated heterocycles. The van der Waals surface area contributed by atoms with Crippen LogP contribution in [0.25, 0.3) is 0 Å². The maximum absolute atomic E-state index is 12.7. The first kappa shape index (κ1) is 16.3. The van der Waals surface area contributed by atoms with Gasteiger partial charge in [0.1, 0.15) is 12.4 Å². The zero-order chi connectivity index (χ0) is 16.2. The van der Waals surface area contributed by atoms with Gasteiger partial charge in [0.05, 0.1) is 18.9 Å². The van der Waals surface area contributed by atoms with Crippen molar-refractivity contribution in [3.8, 4) is 5.75 Å². The van der Waals surface area contributed by atoms with E-state index in [9.17, 15) is 4.79 Å². The number of carbonyl (C=O) groups is 1. The first-order valence-electron chi connectivity index (χ1n) is 8.79. The minimum atomic E-state index is 0.0559. The van der Waals surface area contributed by atoms with Crippen LogP contribution in [-0.2, 0) is 16.0 Å². The van der Waals surface area contributed by atoms with Crippen LogP contribution in [0.1, 0.15) is 49.7 Å². The molecule has 0 bridgehead atoms. The number of carbonyl (C=O) groups excluding carboxylic acids is 1. The lowest BCUT2D eigenvalue weighted by Crippen LogP contribution is -2.39. The number of rotatable bonds is 4. The summed E-state index contributed by atoms with van der Waals surface area (Å²) in [6, 6.07) is 4.03. The minimum absolute atomic E-state index is 0.0559. The van der Waals surface area contributed by atoms with Crippen molar-refractivity contribution in [2.75, 3.05) is 25.2 Å². The van der Waals surface area contributed by atoms with Crippen LogP contribution in [0.3, 0.4) is 0 Å². The molecule has 1 amide bonds. The predicted molar refractivity (Wildman–Crippen MR) is 91.2 cm³/mol. The van der Waals surface area contributed by atoms with Gasteiger partial charge in [0, 0.05) is 6.54 Å². The van der Waals surface area contributed by atoms with E-state index in [2.05, 4.69) is 13.0 Å². The lowest BCUT2D eigenvalue weighted by Gasteiger charge is -2.32. The van der Waals surface area contributed by atoms with Crippen LogP contribution in [0.15, 0.2) is 12.1 Å². The Morgan fingerprint density at radius 1 is 1.22 bits per heavy atom. The Labute approximate surface area is 138 Å². The number of hydrogen-bond donors (Lipinski definition) is 0. The lowest BCUT2D eigenvalue weighted by atomic mass is 9.96. The molecule has 1 aliphatic carbocycles. The summed E-state index contributed by atoms with van der Waals surface area (Å²) >= 11 is 0. The fourth-order valence-electron chi connectivity index (χ4n) is 3.77. The summed E-state index contributed by atoms with van der Waals surface area (Å²) in [5.41, 5.74) is 3.42. The maximum Gasteiger partial charge on any atom is 0.253 e. The number of fused-ring (bicyclic) bond motifs is 1. The second-order valence-electron chi connectivity index (χ2n) is 6.63. The smallest absolute Gasteiger partial charge is 0.253 e. The standard InChI is InChI=1S/C19H27NO3/c1-14-10-11-17(22-2)19-16(14)9-6-12-20(19)18(21)13-23-15-7-4-3-5-8-15/h10-11,15H,3-9,12-13H2,1-2H3. The van der Waals surface area contributed by atoms with Crippen molar-refractivity contribution >= 4 is 11.6 Å². The maximum atomic E-state index is 12.7. The third-order valence-electron chi connectivity index (χ3n) is 5.07. The van der Waals surface area contributed by atoms with Crippen LogP contribution in [-0.4, -0.2) is 32.3 Å². The van der Waals surface area contributed by atoms with E-state index in [-0.39, 0.29) is 18.6 Å². The van der Waals surface area contributed by atoms with E-state index in [0.717, 1.165) is 43.7 Å². The van der Waals surface area contributed by atoms with Crippen molar-refractivity contribution in [3.05, 3.63) is 23.3 Å². The average Bonchev–Trinajstić information content (AvgIpc) is 2.60. The molecule has 0 aromatic heterocycles. The van der Waals surface area contributed by atoms with Gasteiger partial charge in [-0.25, -0.2) is 0 Å². The molecular formula is C19H27NO3. The van der Waals surface area contributed by atoms with Crippen LogP contribution < -0.4 is 9.64 Å². The molecule has 0 unspecified atom stereocenters. The number of anilines is 1. The fourth-order valence-corrected chi connectivity index (χ4v) is 3.77. The average molecular weight is 317 g/mol. The molecule has 4 nitrogen and oxygen atoms in total. The highest BCUT2D eigenvalue weighted by Crippen LogP contribution is 2.38. The Hall–Kier alpha value is -1.55. The molecule has 126 valence electrons. The highest BCUT2D eigenvalue weighted by atomic mass is 16.5. The van der Waals surface area contributed by atoms with Crippen LogP contribution >= 0.6 is 0 Å². The third-order valence-corrected chi connectivity index (χ3v) is 5.07. The number of methoxy groups -OCH3 is 1. The van der Waals surface area contributed by atoms with Crippen LogP contribution in [0.2, 0.25) is 0 Å². The molecule has 1 fully saturated rings. The van der Waals surface area contributed by atoms with E-state index >= 15 is 0 Å². The zero-order valence-electron chi connectivity index (χ0n) is 14.3. The molecule has 3 rings (SSSR count). The number of aryl methyl sites for hydroxylation is 1. The molecule has 0 N–H and O–H groups in total. The van der Waals surface area contributed by atoms with E-state index in [1.54, 1.807) is 7.11 Å². The highest BCUT2D eigenvalue weighted by molar-refractivity contribution is 5.97. The van der Waals surface area contributed by atoms with E-state index in [1.807, 2.05) is 11.0 Å². The monoisotopic (exact) mass is 317 g/mol. The molecule has 0 atom stereocenters. The summed E-state index contributed by atoms with van der Waals surface area (Å²) in [6.45, 7) is 3.03. The van der Waals surface area contributed by atoms with Crippen molar-refractivity contribution in [1.29, 1.82) is 0 Å². The zero-order valence-corrected chi connectivity index (χ0v) is 14.3. The van der Waals surface area contributed by atoms with Crippen molar-refractivity contribution in [1.82, 2.24) is 0 Å². The van der Waals surface area contributed by atoms with E-state index in [0.29, 0.717) is 0 Å². The molecule has 1 aromatic rings. The second-order valence-corrected chi connectivity index (χ2v) is 6.63. The molecule has 0 radical (unpaired) electrons. The molecule has 1 aromatic carbocycles.